The predicted octanol–water partition coefficient (Wildman–Crippen LogP) is 3.25. The molecule has 20 heavy (non-hydrogen) atoms. The Balaban J connectivity index is 1.87. The van der Waals surface area contributed by atoms with Crippen LogP contribution in [0.25, 0.3) is 5.57 Å². The van der Waals surface area contributed by atoms with Gasteiger partial charge in [-0.2, -0.15) is 0 Å². The van der Waals surface area contributed by atoms with Crippen molar-refractivity contribution < 1.29 is 9.53 Å². The molecule has 4 nitrogen and oxygen atoms in total. The number of carbonyl (C=O) groups excluding carboxylic acids is 1. The van der Waals surface area contributed by atoms with E-state index in [1.807, 2.05) is 24.1 Å². The maximum absolute atomic E-state index is 12.1. The van der Waals surface area contributed by atoms with Gasteiger partial charge in [-0.15, -0.1) is 0 Å². The van der Waals surface area contributed by atoms with E-state index < -0.39 is 0 Å². The largest absolute Gasteiger partial charge is 0.450 e. The van der Waals surface area contributed by atoms with Crippen LogP contribution in [0, 0.1) is 0 Å². The zero-order chi connectivity index (χ0) is 13.9. The van der Waals surface area contributed by atoms with E-state index in [0.717, 1.165) is 19.3 Å². The molecule has 3 rings (SSSR count). The molecule has 0 aliphatic carbocycles. The van der Waals surface area contributed by atoms with Crippen molar-refractivity contribution in [2.75, 3.05) is 6.61 Å². The lowest BCUT2D eigenvalue weighted by Gasteiger charge is -2.44. The van der Waals surface area contributed by atoms with Gasteiger partial charge in [-0.3, -0.25) is 9.88 Å². The summed E-state index contributed by atoms with van der Waals surface area (Å²) in [5.74, 6) is 0. The van der Waals surface area contributed by atoms with Gasteiger partial charge in [0, 0.05) is 18.4 Å². The minimum atomic E-state index is -0.163. The monoisotopic (exact) mass is 272 g/mol. The predicted molar refractivity (Wildman–Crippen MR) is 77.1 cm³/mol. The third-order valence-corrected chi connectivity index (χ3v) is 4.15. The van der Waals surface area contributed by atoms with Crippen LogP contribution >= 0.6 is 0 Å². The Hall–Kier alpha value is -1.84. The second-order valence-electron chi connectivity index (χ2n) is 5.40. The van der Waals surface area contributed by atoms with E-state index in [9.17, 15) is 4.79 Å². The van der Waals surface area contributed by atoms with Gasteiger partial charge in [0.25, 0.3) is 0 Å². The first kappa shape index (κ1) is 13.2. The first-order valence-electron chi connectivity index (χ1n) is 7.35. The summed E-state index contributed by atoms with van der Waals surface area (Å²) in [7, 11) is 0. The fourth-order valence-electron chi connectivity index (χ4n) is 3.28. The first-order chi connectivity index (χ1) is 9.79. The topological polar surface area (TPSA) is 42.4 Å². The summed E-state index contributed by atoms with van der Waals surface area (Å²) in [4.78, 5) is 18.2. The zero-order valence-corrected chi connectivity index (χ0v) is 11.8. The first-order valence-corrected chi connectivity index (χ1v) is 7.35. The number of carbonyl (C=O) groups is 1. The molecule has 2 aliphatic heterocycles. The molecule has 0 saturated carbocycles. The number of pyridine rings is 1. The highest BCUT2D eigenvalue weighted by molar-refractivity contribution is 5.74. The Morgan fingerprint density at radius 3 is 3.10 bits per heavy atom. The maximum Gasteiger partial charge on any atom is 0.410 e. The lowest BCUT2D eigenvalue weighted by atomic mass is 9.83. The molecule has 1 amide bonds. The van der Waals surface area contributed by atoms with Crippen molar-refractivity contribution in [3.05, 3.63) is 36.2 Å². The molecule has 1 aromatic rings. The smallest absolute Gasteiger partial charge is 0.410 e. The molecule has 0 radical (unpaired) electrons. The van der Waals surface area contributed by atoms with E-state index in [1.165, 1.54) is 17.6 Å². The van der Waals surface area contributed by atoms with E-state index in [1.54, 1.807) is 6.20 Å². The van der Waals surface area contributed by atoms with E-state index in [-0.39, 0.29) is 18.2 Å². The number of amides is 1. The Labute approximate surface area is 119 Å². The molecule has 0 spiro atoms. The zero-order valence-electron chi connectivity index (χ0n) is 11.8. The van der Waals surface area contributed by atoms with Gasteiger partial charge in [0.05, 0.1) is 12.6 Å². The molecule has 0 aromatic carbocycles. The van der Waals surface area contributed by atoms with E-state index in [2.05, 4.69) is 17.1 Å². The highest BCUT2D eigenvalue weighted by atomic mass is 16.6. The van der Waals surface area contributed by atoms with E-state index >= 15 is 0 Å². The highest BCUT2D eigenvalue weighted by Crippen LogP contribution is 2.37. The maximum atomic E-state index is 12.1. The molecule has 2 aliphatic rings. The van der Waals surface area contributed by atoms with Crippen molar-refractivity contribution in [3.8, 4) is 0 Å². The number of piperidine rings is 1. The van der Waals surface area contributed by atoms with Crippen LogP contribution < -0.4 is 0 Å². The van der Waals surface area contributed by atoms with Gasteiger partial charge in [0.1, 0.15) is 0 Å². The van der Waals surface area contributed by atoms with Crippen LogP contribution in [0.4, 0.5) is 4.79 Å². The number of aromatic nitrogens is 1. The quantitative estimate of drug-likeness (QED) is 0.830. The van der Waals surface area contributed by atoms with Gasteiger partial charge < -0.3 is 4.74 Å². The van der Waals surface area contributed by atoms with Crippen molar-refractivity contribution in [2.24, 2.45) is 0 Å². The molecule has 0 unspecified atom stereocenters. The molecular weight excluding hydrogens is 252 g/mol. The minimum Gasteiger partial charge on any atom is -0.450 e. The van der Waals surface area contributed by atoms with Gasteiger partial charge in [0.15, 0.2) is 0 Å². The summed E-state index contributed by atoms with van der Waals surface area (Å²) in [6.07, 6.45) is 9.93. The summed E-state index contributed by atoms with van der Waals surface area (Å²) < 4.78 is 5.20. The van der Waals surface area contributed by atoms with Gasteiger partial charge in [-0.1, -0.05) is 12.1 Å². The number of fused-ring (bicyclic) bond motifs is 2. The van der Waals surface area contributed by atoms with Crippen molar-refractivity contribution in [1.82, 2.24) is 9.88 Å². The van der Waals surface area contributed by atoms with Crippen LogP contribution in [0.2, 0.25) is 0 Å². The summed E-state index contributed by atoms with van der Waals surface area (Å²) >= 11 is 0. The summed E-state index contributed by atoms with van der Waals surface area (Å²) in [5, 5.41) is 0. The number of rotatable bonds is 2. The molecular formula is C16H20N2O2. The highest BCUT2D eigenvalue weighted by Gasteiger charge is 2.37. The van der Waals surface area contributed by atoms with Gasteiger partial charge in [0.2, 0.25) is 0 Å². The second kappa shape index (κ2) is 5.65. The molecule has 1 fully saturated rings. The summed E-state index contributed by atoms with van der Waals surface area (Å²) in [5.41, 5.74) is 2.49. The lowest BCUT2D eigenvalue weighted by molar-refractivity contribution is 0.0585. The van der Waals surface area contributed by atoms with E-state index in [0.29, 0.717) is 6.61 Å². The van der Waals surface area contributed by atoms with Crippen molar-refractivity contribution in [1.29, 1.82) is 0 Å². The fourth-order valence-corrected chi connectivity index (χ4v) is 3.28. The SMILES string of the molecule is CCOC(=O)N1[C@H]2CCC[C@@H]1C=C(c1cccnc1)C2. The van der Waals surface area contributed by atoms with Crippen molar-refractivity contribution in [3.63, 3.8) is 0 Å². The number of ether oxygens (including phenoxy) is 1. The van der Waals surface area contributed by atoms with Gasteiger partial charge >= 0.3 is 6.09 Å². The Kier molecular flexibility index (Phi) is 3.72. The summed E-state index contributed by atoms with van der Waals surface area (Å²) in [6.45, 7) is 2.29. The molecule has 106 valence electrons. The van der Waals surface area contributed by atoms with Crippen LogP contribution in [0.15, 0.2) is 30.6 Å². The van der Waals surface area contributed by atoms with Crippen molar-refractivity contribution >= 4 is 11.7 Å². The number of hydrogen-bond donors (Lipinski definition) is 0. The molecule has 2 atom stereocenters. The summed E-state index contributed by atoms with van der Waals surface area (Å²) in [6, 6.07) is 4.50. The lowest BCUT2D eigenvalue weighted by Crippen LogP contribution is -2.51. The number of hydrogen-bond acceptors (Lipinski definition) is 3. The van der Waals surface area contributed by atoms with Crippen molar-refractivity contribution in [2.45, 2.75) is 44.7 Å². The third-order valence-electron chi connectivity index (χ3n) is 4.15. The molecule has 1 saturated heterocycles. The van der Waals surface area contributed by atoms with Crippen LogP contribution in [0.1, 0.15) is 38.2 Å². The van der Waals surface area contributed by atoms with Gasteiger partial charge in [-0.25, -0.2) is 4.79 Å². The Morgan fingerprint density at radius 2 is 2.40 bits per heavy atom. The van der Waals surface area contributed by atoms with Crippen LogP contribution in [0.5, 0.6) is 0 Å². The average Bonchev–Trinajstić information content (AvgIpc) is 2.47. The Bertz CT molecular complexity index is 512. The average molecular weight is 272 g/mol. The molecule has 2 bridgehead atoms. The van der Waals surface area contributed by atoms with Gasteiger partial charge in [-0.05, 0) is 49.8 Å². The van der Waals surface area contributed by atoms with Crippen LogP contribution in [0.3, 0.4) is 0 Å². The van der Waals surface area contributed by atoms with E-state index in [4.69, 9.17) is 4.74 Å². The third kappa shape index (κ3) is 2.42. The minimum absolute atomic E-state index is 0.163. The molecule has 3 heterocycles. The fraction of sp³-hybridized carbons (Fsp3) is 0.500. The number of nitrogens with zero attached hydrogens (tertiary/aromatic N) is 2. The Morgan fingerprint density at radius 1 is 1.50 bits per heavy atom. The molecule has 0 N–H and O–H groups in total. The normalized spacial score (nSPS) is 25.1. The molecule has 4 heteroatoms. The standard InChI is InChI=1S/C16H20N2O2/c1-2-20-16(19)18-14-6-3-7-15(18)10-13(9-14)12-5-4-8-17-11-12/h4-5,8-9,11,14-15H,2-3,6-7,10H2,1H3/t14-,15+/m1/s1. The van der Waals surface area contributed by atoms with Crippen LogP contribution in [-0.4, -0.2) is 34.7 Å². The second-order valence-corrected chi connectivity index (χ2v) is 5.40. The van der Waals surface area contributed by atoms with Crippen LogP contribution in [-0.2, 0) is 4.74 Å². The molecule has 1 aromatic heterocycles.